The SMILES string of the molecule is C=CCCC(=O)N(C)[C@@H](C)[C@@H](OC(=O)[C@@H]1[C@H]2O[C@@]3(CC2Br)[C@H](C(=O)N(CC=C)c2c(C)cccc2C)N(CCCO)C(=O)[C@@H]13)c1ccccc1. The van der Waals surface area contributed by atoms with Crippen LogP contribution in [0.4, 0.5) is 5.69 Å². The minimum atomic E-state index is -1.31. The number of esters is 1. The van der Waals surface area contributed by atoms with Crippen LogP contribution >= 0.6 is 15.9 Å². The molecule has 3 saturated heterocycles. The number of hydrogen-bond acceptors (Lipinski definition) is 7. The predicted molar refractivity (Wildman–Crippen MR) is 195 cm³/mol. The highest BCUT2D eigenvalue weighted by Gasteiger charge is 2.77. The maximum Gasteiger partial charge on any atom is 0.313 e. The molecule has 1 spiro atoms. The van der Waals surface area contributed by atoms with Gasteiger partial charge in [-0.1, -0.05) is 76.6 Å². The standard InChI is InChI=1S/C39H48BrN3O7/c1-7-9-19-29(45)41(6)26(5)33(27-17-11-10-12-18-27)49-38(48)30-31-36(46)43(21-14-22-44)35(39(31)23-28(40)34(30)50-39)37(47)42(20-8-2)32-24(3)15-13-16-25(32)4/h7-8,10-13,15-18,26,28,30-31,33-35,44H,1-2,9,14,19-23H2,3-6H3/t26-,28?,30-,31+,33+,34-,35-,39+/m0/s1. The van der Waals surface area contributed by atoms with Gasteiger partial charge in [0.15, 0.2) is 0 Å². The minimum absolute atomic E-state index is 0.114. The number of para-hydroxylation sites is 1. The monoisotopic (exact) mass is 749 g/mol. The Morgan fingerprint density at radius 3 is 2.42 bits per heavy atom. The number of alkyl halides is 1. The molecule has 2 aromatic carbocycles. The van der Waals surface area contributed by atoms with Gasteiger partial charge >= 0.3 is 5.97 Å². The van der Waals surface area contributed by atoms with Crippen molar-refractivity contribution in [3.8, 4) is 0 Å². The first-order valence-corrected chi connectivity index (χ1v) is 18.2. The fourth-order valence-corrected chi connectivity index (χ4v) is 9.03. The molecule has 1 unspecified atom stereocenters. The summed E-state index contributed by atoms with van der Waals surface area (Å²) in [6, 6.07) is 13.4. The number of aliphatic hydroxyl groups is 1. The number of carbonyl (C=O) groups excluding carboxylic acids is 4. The molecule has 5 rings (SSSR count). The summed E-state index contributed by atoms with van der Waals surface area (Å²) in [4.78, 5) is 61.4. The summed E-state index contributed by atoms with van der Waals surface area (Å²) in [5, 5.41) is 9.80. The molecule has 50 heavy (non-hydrogen) atoms. The van der Waals surface area contributed by atoms with Crippen LogP contribution in [0.15, 0.2) is 73.8 Å². The Labute approximate surface area is 303 Å². The largest absolute Gasteiger partial charge is 0.455 e. The van der Waals surface area contributed by atoms with Crippen LogP contribution in [0.5, 0.6) is 0 Å². The summed E-state index contributed by atoms with van der Waals surface area (Å²) < 4.78 is 13.1. The van der Waals surface area contributed by atoms with Crippen LogP contribution in [0.2, 0.25) is 0 Å². The molecular formula is C39H48BrN3O7. The molecule has 1 N–H and O–H groups in total. The molecule has 0 saturated carbocycles. The number of likely N-dealkylation sites (tertiary alicyclic amines) is 1. The number of rotatable bonds is 15. The van der Waals surface area contributed by atoms with E-state index in [1.165, 1.54) is 4.90 Å². The van der Waals surface area contributed by atoms with Crippen molar-refractivity contribution >= 4 is 45.3 Å². The number of likely N-dealkylation sites (N-methyl/N-ethyl adjacent to an activating group) is 1. The fourth-order valence-electron chi connectivity index (χ4n) is 8.08. The Morgan fingerprint density at radius 1 is 1.12 bits per heavy atom. The summed E-state index contributed by atoms with van der Waals surface area (Å²) in [6.45, 7) is 13.4. The summed E-state index contributed by atoms with van der Waals surface area (Å²) in [7, 11) is 1.69. The van der Waals surface area contributed by atoms with Gasteiger partial charge in [-0.25, -0.2) is 0 Å². The lowest BCUT2D eigenvalue weighted by Crippen LogP contribution is -2.57. The van der Waals surface area contributed by atoms with Gasteiger partial charge in [-0.05, 0) is 56.7 Å². The zero-order valence-corrected chi connectivity index (χ0v) is 30.9. The molecule has 8 atom stereocenters. The van der Waals surface area contributed by atoms with Crippen LogP contribution in [0.3, 0.4) is 0 Å². The zero-order chi connectivity index (χ0) is 36.3. The number of carbonyl (C=O) groups is 4. The maximum atomic E-state index is 14.9. The van der Waals surface area contributed by atoms with Gasteiger partial charge in [-0.3, -0.25) is 19.2 Å². The van der Waals surface area contributed by atoms with Crippen LogP contribution in [0, 0.1) is 25.7 Å². The third-order valence-electron chi connectivity index (χ3n) is 10.5. The van der Waals surface area contributed by atoms with E-state index < -0.39 is 47.7 Å². The van der Waals surface area contributed by atoms with E-state index in [0.717, 1.165) is 16.8 Å². The number of amides is 3. The lowest BCUT2D eigenvalue weighted by Gasteiger charge is -2.38. The van der Waals surface area contributed by atoms with Crippen LogP contribution in [0.25, 0.3) is 0 Å². The second kappa shape index (κ2) is 15.6. The summed E-state index contributed by atoms with van der Waals surface area (Å²) in [5.74, 6) is -3.44. The highest BCUT2D eigenvalue weighted by Crippen LogP contribution is 2.60. The number of nitrogens with zero attached hydrogens (tertiary/aromatic N) is 3. The number of benzene rings is 2. The second-order valence-electron chi connectivity index (χ2n) is 13.6. The van der Waals surface area contributed by atoms with Gasteiger partial charge in [0.2, 0.25) is 11.8 Å². The van der Waals surface area contributed by atoms with Gasteiger partial charge in [0.25, 0.3) is 5.91 Å². The molecule has 3 amide bonds. The Balaban J connectivity index is 1.53. The molecule has 2 bridgehead atoms. The Hall–Kier alpha value is -3.80. The third kappa shape index (κ3) is 6.67. The van der Waals surface area contributed by atoms with E-state index in [1.807, 2.05) is 69.3 Å². The van der Waals surface area contributed by atoms with Crippen molar-refractivity contribution in [2.75, 3.05) is 31.6 Å². The molecule has 11 heteroatoms. The number of hydrogen-bond donors (Lipinski definition) is 1. The van der Waals surface area contributed by atoms with E-state index >= 15 is 0 Å². The normalized spacial score (nSPS) is 26.2. The van der Waals surface area contributed by atoms with E-state index in [-0.39, 0.29) is 55.1 Å². The summed E-state index contributed by atoms with van der Waals surface area (Å²) in [5.41, 5.74) is 1.91. The molecule has 10 nitrogen and oxygen atoms in total. The number of halogens is 1. The van der Waals surface area contributed by atoms with Crippen LogP contribution in [0.1, 0.15) is 55.4 Å². The molecular weight excluding hydrogens is 702 g/mol. The highest BCUT2D eigenvalue weighted by molar-refractivity contribution is 9.09. The first kappa shape index (κ1) is 37.5. The van der Waals surface area contributed by atoms with Crippen molar-refractivity contribution < 1.29 is 33.8 Å². The van der Waals surface area contributed by atoms with Crippen molar-refractivity contribution in [3.05, 3.63) is 90.5 Å². The highest BCUT2D eigenvalue weighted by atomic mass is 79.9. The first-order chi connectivity index (χ1) is 23.9. The number of allylic oxidation sites excluding steroid dienone is 1. The third-order valence-corrected chi connectivity index (χ3v) is 11.4. The average Bonchev–Trinajstić information content (AvgIpc) is 3.70. The minimum Gasteiger partial charge on any atom is -0.455 e. The predicted octanol–water partition coefficient (Wildman–Crippen LogP) is 5.05. The van der Waals surface area contributed by atoms with Crippen LogP contribution < -0.4 is 4.90 Å². The second-order valence-corrected chi connectivity index (χ2v) is 14.8. The van der Waals surface area contributed by atoms with Crippen molar-refractivity contribution in [2.24, 2.45) is 11.8 Å². The van der Waals surface area contributed by atoms with Crippen molar-refractivity contribution in [1.29, 1.82) is 0 Å². The van der Waals surface area contributed by atoms with E-state index in [9.17, 15) is 24.3 Å². The van der Waals surface area contributed by atoms with Crippen LogP contribution in [-0.2, 0) is 28.7 Å². The van der Waals surface area contributed by atoms with Crippen molar-refractivity contribution in [3.63, 3.8) is 0 Å². The summed E-state index contributed by atoms with van der Waals surface area (Å²) >= 11 is 3.74. The molecule has 3 aliphatic rings. The lowest BCUT2D eigenvalue weighted by molar-refractivity contribution is -0.164. The number of anilines is 1. The van der Waals surface area contributed by atoms with Gasteiger partial charge in [0.05, 0.1) is 24.0 Å². The smallest absolute Gasteiger partial charge is 0.313 e. The van der Waals surface area contributed by atoms with E-state index in [4.69, 9.17) is 9.47 Å². The average molecular weight is 751 g/mol. The fraction of sp³-hybridized carbons (Fsp3) is 0.487. The number of ether oxygens (including phenoxy) is 2. The summed E-state index contributed by atoms with van der Waals surface area (Å²) in [6.07, 6.45) is 3.15. The zero-order valence-electron chi connectivity index (χ0n) is 29.3. The number of fused-ring (bicyclic) bond motifs is 1. The van der Waals surface area contributed by atoms with Crippen molar-refractivity contribution in [2.45, 2.75) is 81.2 Å². The topological polar surface area (TPSA) is 117 Å². The van der Waals surface area contributed by atoms with Gasteiger partial charge in [0.1, 0.15) is 17.7 Å². The Morgan fingerprint density at radius 2 is 1.80 bits per heavy atom. The van der Waals surface area contributed by atoms with E-state index in [1.54, 1.807) is 29.0 Å². The number of aliphatic hydroxyl groups excluding tert-OH is 1. The molecule has 3 fully saturated rings. The van der Waals surface area contributed by atoms with Crippen LogP contribution in [-0.4, -0.2) is 94.0 Å². The number of aryl methyl sites for hydroxylation is 2. The molecule has 3 aliphatic heterocycles. The van der Waals surface area contributed by atoms with Gasteiger partial charge in [-0.15, -0.1) is 13.2 Å². The Kier molecular flexibility index (Phi) is 11.7. The van der Waals surface area contributed by atoms with Gasteiger partial charge in [0, 0.05) is 43.7 Å². The van der Waals surface area contributed by atoms with E-state index in [0.29, 0.717) is 18.4 Å². The van der Waals surface area contributed by atoms with E-state index in [2.05, 4.69) is 29.1 Å². The molecule has 2 aromatic rings. The molecule has 3 heterocycles. The molecule has 0 aliphatic carbocycles. The maximum absolute atomic E-state index is 14.9. The first-order valence-electron chi connectivity index (χ1n) is 17.3. The Bertz CT molecular complexity index is 1600. The van der Waals surface area contributed by atoms with Gasteiger partial charge < -0.3 is 29.3 Å². The molecule has 268 valence electrons. The van der Waals surface area contributed by atoms with Gasteiger partial charge in [-0.2, -0.15) is 0 Å². The lowest BCUT2D eigenvalue weighted by atomic mass is 9.70. The quantitative estimate of drug-likeness (QED) is 0.154. The molecule has 0 radical (unpaired) electrons. The van der Waals surface area contributed by atoms with Crippen molar-refractivity contribution in [1.82, 2.24) is 9.80 Å². The molecule has 0 aromatic heterocycles.